The highest BCUT2D eigenvalue weighted by Gasteiger charge is 2.30. The van der Waals surface area contributed by atoms with Crippen LogP contribution in [0, 0.1) is 11.3 Å². The van der Waals surface area contributed by atoms with Crippen LogP contribution in [-0.4, -0.2) is 18.9 Å². The van der Waals surface area contributed by atoms with Gasteiger partial charge in [0.25, 0.3) is 0 Å². The van der Waals surface area contributed by atoms with Gasteiger partial charge in [-0.3, -0.25) is 4.79 Å². The number of nitrogens with zero attached hydrogens (tertiary/aromatic N) is 1. The number of rotatable bonds is 6. The molecule has 0 radical (unpaired) electrons. The molecule has 25 heavy (non-hydrogen) atoms. The molecule has 0 spiro atoms. The summed E-state index contributed by atoms with van der Waals surface area (Å²) >= 11 is 0. The summed E-state index contributed by atoms with van der Waals surface area (Å²) in [5, 5.41) is 12.0. The van der Waals surface area contributed by atoms with E-state index in [0.717, 1.165) is 12.1 Å². The van der Waals surface area contributed by atoms with E-state index < -0.39 is 11.7 Å². The lowest BCUT2D eigenvalue weighted by molar-refractivity contribution is -0.137. The monoisotopic (exact) mass is 348 g/mol. The number of ether oxygens (including phenoxy) is 1. The number of carbonyl (C=O) groups excluding carboxylic acids is 1. The van der Waals surface area contributed by atoms with E-state index in [0.29, 0.717) is 16.8 Å². The van der Waals surface area contributed by atoms with E-state index in [9.17, 15) is 18.0 Å². The quantitative estimate of drug-likeness (QED) is 0.625. The molecule has 0 saturated heterocycles. The van der Waals surface area contributed by atoms with Crippen molar-refractivity contribution >= 4 is 11.5 Å². The van der Waals surface area contributed by atoms with Crippen LogP contribution >= 0.6 is 0 Å². The van der Waals surface area contributed by atoms with Crippen molar-refractivity contribution < 1.29 is 22.7 Å². The Bertz CT molecular complexity index is 811. The number of anilines is 1. The number of alkyl halides is 3. The maximum absolute atomic E-state index is 12.6. The van der Waals surface area contributed by atoms with E-state index in [-0.39, 0.29) is 24.7 Å². The number of hydrogen-bond donors (Lipinski definition) is 1. The molecule has 0 unspecified atom stereocenters. The first-order valence-electron chi connectivity index (χ1n) is 7.40. The second-order valence-electron chi connectivity index (χ2n) is 5.23. The normalized spacial score (nSPS) is 10.8. The Hall–Kier alpha value is -3.01. The summed E-state index contributed by atoms with van der Waals surface area (Å²) in [5.74, 6) is -0.0256. The van der Waals surface area contributed by atoms with Crippen LogP contribution in [-0.2, 0) is 6.18 Å². The van der Waals surface area contributed by atoms with Crippen LogP contribution in [0.25, 0.3) is 0 Å². The van der Waals surface area contributed by atoms with E-state index in [1.807, 2.05) is 6.07 Å². The summed E-state index contributed by atoms with van der Waals surface area (Å²) in [5.41, 5.74) is 0.520. The van der Waals surface area contributed by atoms with Crippen LogP contribution in [0.1, 0.15) is 28.4 Å². The number of nitriles is 1. The summed E-state index contributed by atoms with van der Waals surface area (Å²) < 4.78 is 43.2. The second kappa shape index (κ2) is 7.71. The van der Waals surface area contributed by atoms with Gasteiger partial charge in [0, 0.05) is 12.1 Å². The molecule has 0 heterocycles. The first-order chi connectivity index (χ1) is 11.8. The molecular weight excluding hydrogens is 333 g/mol. The van der Waals surface area contributed by atoms with Gasteiger partial charge in [0.1, 0.15) is 18.4 Å². The van der Waals surface area contributed by atoms with Gasteiger partial charge in [-0.05, 0) is 43.3 Å². The summed E-state index contributed by atoms with van der Waals surface area (Å²) in [7, 11) is 0. The maximum atomic E-state index is 12.6. The Kier molecular flexibility index (Phi) is 5.65. The molecule has 0 bridgehead atoms. The summed E-state index contributed by atoms with van der Waals surface area (Å²) in [6.45, 7) is 1.77. The topological polar surface area (TPSA) is 62.1 Å². The van der Waals surface area contributed by atoms with Gasteiger partial charge in [-0.15, -0.1) is 0 Å². The van der Waals surface area contributed by atoms with Crippen LogP contribution < -0.4 is 10.1 Å². The molecule has 2 aromatic carbocycles. The number of benzene rings is 2. The lowest BCUT2D eigenvalue weighted by Gasteiger charge is -2.12. The molecule has 1 N–H and O–H groups in total. The zero-order valence-electron chi connectivity index (χ0n) is 13.4. The fourth-order valence-corrected chi connectivity index (χ4v) is 2.12. The highest BCUT2D eigenvalue weighted by molar-refractivity contribution is 5.95. The van der Waals surface area contributed by atoms with Crippen molar-refractivity contribution in [1.82, 2.24) is 0 Å². The van der Waals surface area contributed by atoms with E-state index in [4.69, 9.17) is 10.00 Å². The van der Waals surface area contributed by atoms with Gasteiger partial charge in [0.2, 0.25) is 0 Å². The molecule has 7 heteroatoms. The van der Waals surface area contributed by atoms with Crippen LogP contribution in [0.5, 0.6) is 5.75 Å². The van der Waals surface area contributed by atoms with Crippen LogP contribution in [0.4, 0.5) is 18.9 Å². The lowest BCUT2D eigenvalue weighted by Crippen LogP contribution is -2.13. The smallest absolute Gasteiger partial charge is 0.416 e. The highest BCUT2D eigenvalue weighted by atomic mass is 19.4. The van der Waals surface area contributed by atoms with Gasteiger partial charge in [-0.25, -0.2) is 0 Å². The van der Waals surface area contributed by atoms with Crippen LogP contribution in [0.3, 0.4) is 0 Å². The predicted octanol–water partition coefficient (Wildman–Crippen LogP) is 4.27. The molecule has 2 rings (SSSR count). The maximum Gasteiger partial charge on any atom is 0.416 e. The summed E-state index contributed by atoms with van der Waals surface area (Å²) in [4.78, 5) is 11.4. The third-order valence-electron chi connectivity index (χ3n) is 3.39. The molecular formula is C18H15F3N2O2. The van der Waals surface area contributed by atoms with Crippen LogP contribution in [0.15, 0.2) is 42.5 Å². The van der Waals surface area contributed by atoms with Gasteiger partial charge in [-0.2, -0.15) is 18.4 Å². The largest absolute Gasteiger partial charge is 0.492 e. The standard InChI is InChI=1S/C18H15F3N2O2/c1-12(24)13-5-6-14(11-22)17(9-13)23-7-8-25-16-4-2-3-15(10-16)18(19,20)21/h2-6,9-10,23H,7-8H2,1H3. The average molecular weight is 348 g/mol. The molecule has 0 atom stereocenters. The number of hydrogen-bond acceptors (Lipinski definition) is 4. The van der Waals surface area contributed by atoms with Crippen molar-refractivity contribution in [3.8, 4) is 11.8 Å². The van der Waals surface area contributed by atoms with E-state index in [1.165, 1.54) is 25.1 Å². The molecule has 0 fully saturated rings. The third-order valence-corrected chi connectivity index (χ3v) is 3.39. The molecule has 0 aliphatic heterocycles. The molecule has 0 amide bonds. The van der Waals surface area contributed by atoms with Gasteiger partial charge in [0.15, 0.2) is 5.78 Å². The summed E-state index contributed by atoms with van der Waals surface area (Å²) in [6, 6.07) is 11.3. The first kappa shape index (κ1) is 18.3. The molecule has 0 saturated carbocycles. The second-order valence-corrected chi connectivity index (χ2v) is 5.23. The number of nitrogens with one attached hydrogen (secondary N) is 1. The molecule has 0 aromatic heterocycles. The fraction of sp³-hybridized carbons (Fsp3) is 0.222. The van der Waals surface area contributed by atoms with E-state index in [1.54, 1.807) is 12.1 Å². The van der Waals surface area contributed by atoms with Crippen molar-refractivity contribution in [3.05, 3.63) is 59.2 Å². The van der Waals surface area contributed by atoms with Gasteiger partial charge < -0.3 is 10.1 Å². The van der Waals surface area contributed by atoms with Crippen molar-refractivity contribution in [2.24, 2.45) is 0 Å². The Labute approximate surface area is 142 Å². The minimum Gasteiger partial charge on any atom is -0.492 e. The van der Waals surface area contributed by atoms with Gasteiger partial charge >= 0.3 is 6.18 Å². The Morgan fingerprint density at radius 1 is 1.24 bits per heavy atom. The average Bonchev–Trinajstić information content (AvgIpc) is 2.58. The van der Waals surface area contributed by atoms with Crippen molar-refractivity contribution in [1.29, 1.82) is 5.26 Å². The molecule has 0 aliphatic carbocycles. The number of ketones is 1. The highest BCUT2D eigenvalue weighted by Crippen LogP contribution is 2.31. The molecule has 0 aliphatic rings. The Morgan fingerprint density at radius 3 is 2.64 bits per heavy atom. The van der Waals surface area contributed by atoms with Crippen LogP contribution in [0.2, 0.25) is 0 Å². The minimum atomic E-state index is -4.42. The Morgan fingerprint density at radius 2 is 2.00 bits per heavy atom. The number of halogens is 3. The zero-order chi connectivity index (χ0) is 18.4. The molecule has 130 valence electrons. The fourth-order valence-electron chi connectivity index (χ4n) is 2.12. The number of carbonyl (C=O) groups is 1. The van der Waals surface area contributed by atoms with E-state index >= 15 is 0 Å². The Balaban J connectivity index is 1.97. The van der Waals surface area contributed by atoms with Crippen molar-refractivity contribution in [2.45, 2.75) is 13.1 Å². The first-order valence-corrected chi connectivity index (χ1v) is 7.40. The SMILES string of the molecule is CC(=O)c1ccc(C#N)c(NCCOc2cccc(C(F)(F)F)c2)c1. The molecule has 2 aromatic rings. The third kappa shape index (κ3) is 4.98. The number of Topliss-reactive ketones (excluding diaryl/α,β-unsaturated/α-hetero) is 1. The minimum absolute atomic E-state index is 0.0937. The van der Waals surface area contributed by atoms with Gasteiger partial charge in [0.05, 0.1) is 16.8 Å². The molecule has 4 nitrogen and oxygen atoms in total. The van der Waals surface area contributed by atoms with E-state index in [2.05, 4.69) is 5.32 Å². The summed E-state index contributed by atoms with van der Waals surface area (Å²) in [6.07, 6.45) is -4.42. The predicted molar refractivity (Wildman–Crippen MR) is 86.6 cm³/mol. The van der Waals surface area contributed by atoms with Crippen molar-refractivity contribution in [3.63, 3.8) is 0 Å². The zero-order valence-corrected chi connectivity index (χ0v) is 13.4. The van der Waals surface area contributed by atoms with Crippen molar-refractivity contribution in [2.75, 3.05) is 18.5 Å². The lowest BCUT2D eigenvalue weighted by atomic mass is 10.1. The van der Waals surface area contributed by atoms with Gasteiger partial charge in [-0.1, -0.05) is 6.07 Å².